The third-order valence-electron chi connectivity index (χ3n) is 4.68. The van der Waals surface area contributed by atoms with Crippen LogP contribution >= 0.6 is 23.1 Å². The van der Waals surface area contributed by atoms with E-state index in [-0.39, 0.29) is 11.7 Å². The van der Waals surface area contributed by atoms with Crippen molar-refractivity contribution in [2.45, 2.75) is 25.9 Å². The van der Waals surface area contributed by atoms with Gasteiger partial charge in [-0.1, -0.05) is 53.7 Å². The second kappa shape index (κ2) is 8.76. The molecule has 0 aliphatic rings. The molecule has 4 aromatic rings. The highest BCUT2D eigenvalue weighted by Crippen LogP contribution is 2.26. The number of tetrazole rings is 1. The predicted molar refractivity (Wildman–Crippen MR) is 120 cm³/mol. The lowest BCUT2D eigenvalue weighted by molar-refractivity contribution is -0.113. The van der Waals surface area contributed by atoms with Gasteiger partial charge in [-0.05, 0) is 48.4 Å². The lowest BCUT2D eigenvalue weighted by Gasteiger charge is -2.09. The molecule has 0 unspecified atom stereocenters. The molecule has 0 atom stereocenters. The van der Waals surface area contributed by atoms with Gasteiger partial charge < -0.3 is 5.32 Å². The zero-order valence-electron chi connectivity index (χ0n) is 16.8. The van der Waals surface area contributed by atoms with Crippen LogP contribution in [-0.2, 0) is 4.79 Å². The highest BCUT2D eigenvalue weighted by atomic mass is 32.2. The normalized spacial score (nSPS) is 10.9. The molecule has 2 aromatic carbocycles. The summed E-state index contributed by atoms with van der Waals surface area (Å²) in [6.07, 6.45) is 0. The SMILES string of the molecule is Cc1ccc(-c2csc(NC(=O)CSc3nnnn3-c3cccc(C)c3C)n2)cc1. The summed E-state index contributed by atoms with van der Waals surface area (Å²) in [4.78, 5) is 16.9. The van der Waals surface area contributed by atoms with Crippen LogP contribution in [0.5, 0.6) is 0 Å². The molecule has 4 rings (SSSR count). The first-order valence-corrected chi connectivity index (χ1v) is 11.2. The van der Waals surface area contributed by atoms with Crippen LogP contribution in [0, 0.1) is 20.8 Å². The number of thioether (sulfide) groups is 1. The van der Waals surface area contributed by atoms with Crippen molar-refractivity contribution in [2.75, 3.05) is 11.1 Å². The lowest BCUT2D eigenvalue weighted by atomic mass is 10.1. The second-order valence-electron chi connectivity index (χ2n) is 6.83. The van der Waals surface area contributed by atoms with Gasteiger partial charge in [-0.15, -0.1) is 16.4 Å². The predicted octanol–water partition coefficient (Wildman–Crippen LogP) is 4.44. The second-order valence-corrected chi connectivity index (χ2v) is 8.63. The molecule has 1 amide bonds. The highest BCUT2D eigenvalue weighted by Gasteiger charge is 2.15. The van der Waals surface area contributed by atoms with Crippen molar-refractivity contribution in [1.29, 1.82) is 0 Å². The van der Waals surface area contributed by atoms with Crippen LogP contribution in [0.1, 0.15) is 16.7 Å². The number of aromatic nitrogens is 5. The minimum absolute atomic E-state index is 0.152. The van der Waals surface area contributed by atoms with Gasteiger partial charge in [0.15, 0.2) is 5.13 Å². The average Bonchev–Trinajstić information content (AvgIpc) is 3.39. The summed E-state index contributed by atoms with van der Waals surface area (Å²) in [5.41, 5.74) is 6.24. The smallest absolute Gasteiger partial charge is 0.236 e. The van der Waals surface area contributed by atoms with E-state index in [0.717, 1.165) is 28.1 Å². The van der Waals surface area contributed by atoms with E-state index in [0.29, 0.717) is 10.3 Å². The Morgan fingerprint density at radius 2 is 1.93 bits per heavy atom. The summed E-state index contributed by atoms with van der Waals surface area (Å²) < 4.78 is 1.67. The Bertz CT molecular complexity index is 1180. The van der Waals surface area contributed by atoms with Crippen LogP contribution in [-0.4, -0.2) is 36.9 Å². The molecule has 0 spiro atoms. The van der Waals surface area contributed by atoms with Crippen LogP contribution in [0.25, 0.3) is 16.9 Å². The molecule has 30 heavy (non-hydrogen) atoms. The molecule has 152 valence electrons. The number of benzene rings is 2. The molecule has 0 radical (unpaired) electrons. The number of aryl methyl sites for hydroxylation is 2. The maximum atomic E-state index is 12.4. The number of nitrogens with zero attached hydrogens (tertiary/aromatic N) is 5. The Labute approximate surface area is 182 Å². The van der Waals surface area contributed by atoms with E-state index in [1.807, 2.05) is 68.6 Å². The number of carbonyl (C=O) groups is 1. The van der Waals surface area contributed by atoms with Crippen molar-refractivity contribution in [2.24, 2.45) is 0 Å². The minimum Gasteiger partial charge on any atom is -0.301 e. The quantitative estimate of drug-likeness (QED) is 0.450. The number of thiazole rings is 1. The molecule has 0 saturated heterocycles. The zero-order valence-corrected chi connectivity index (χ0v) is 18.4. The summed E-state index contributed by atoms with van der Waals surface area (Å²) in [7, 11) is 0. The Hall–Kier alpha value is -3.04. The fraction of sp³-hybridized carbons (Fsp3) is 0.190. The molecule has 0 aliphatic carbocycles. The topological polar surface area (TPSA) is 85.6 Å². The van der Waals surface area contributed by atoms with Gasteiger partial charge >= 0.3 is 0 Å². The summed E-state index contributed by atoms with van der Waals surface area (Å²) in [5, 5.41) is 17.9. The van der Waals surface area contributed by atoms with Crippen molar-refractivity contribution >= 4 is 34.1 Å². The highest BCUT2D eigenvalue weighted by molar-refractivity contribution is 7.99. The molecule has 0 saturated carbocycles. The standard InChI is InChI=1S/C21H20N6OS2/c1-13-7-9-16(10-8-13)17-11-29-20(22-17)23-19(28)12-30-21-24-25-26-27(21)18-6-4-5-14(2)15(18)3/h4-11H,12H2,1-3H3,(H,22,23,28). The number of hydrogen-bond donors (Lipinski definition) is 1. The van der Waals surface area contributed by atoms with Crippen molar-refractivity contribution in [1.82, 2.24) is 25.2 Å². The largest absolute Gasteiger partial charge is 0.301 e. The molecule has 0 fully saturated rings. The number of hydrogen-bond acceptors (Lipinski definition) is 7. The van der Waals surface area contributed by atoms with Crippen LogP contribution in [0.4, 0.5) is 5.13 Å². The fourth-order valence-corrected chi connectivity index (χ4v) is 4.28. The average molecular weight is 437 g/mol. The van der Waals surface area contributed by atoms with Gasteiger partial charge in [0, 0.05) is 10.9 Å². The van der Waals surface area contributed by atoms with Gasteiger partial charge in [-0.3, -0.25) is 4.79 Å². The van der Waals surface area contributed by atoms with Gasteiger partial charge in [0.2, 0.25) is 11.1 Å². The lowest BCUT2D eigenvalue weighted by Crippen LogP contribution is -2.14. The number of amides is 1. The molecule has 0 bridgehead atoms. The maximum Gasteiger partial charge on any atom is 0.236 e. The molecular formula is C21H20N6OS2. The third-order valence-corrected chi connectivity index (χ3v) is 6.35. The molecule has 0 aliphatic heterocycles. The van der Waals surface area contributed by atoms with E-state index in [4.69, 9.17) is 0 Å². The van der Waals surface area contributed by atoms with E-state index in [1.54, 1.807) is 4.68 Å². The van der Waals surface area contributed by atoms with E-state index in [1.165, 1.54) is 28.7 Å². The first-order chi connectivity index (χ1) is 14.5. The van der Waals surface area contributed by atoms with Crippen LogP contribution in [0.3, 0.4) is 0 Å². The Morgan fingerprint density at radius 3 is 2.73 bits per heavy atom. The Kier molecular flexibility index (Phi) is 5.91. The van der Waals surface area contributed by atoms with Crippen molar-refractivity contribution in [3.8, 4) is 16.9 Å². The van der Waals surface area contributed by atoms with E-state index in [2.05, 4.69) is 25.8 Å². The molecule has 2 heterocycles. The van der Waals surface area contributed by atoms with Gasteiger partial charge in [0.1, 0.15) is 0 Å². The van der Waals surface area contributed by atoms with Crippen molar-refractivity contribution < 1.29 is 4.79 Å². The van der Waals surface area contributed by atoms with Crippen molar-refractivity contribution in [3.05, 3.63) is 64.5 Å². The van der Waals surface area contributed by atoms with Gasteiger partial charge in [0.25, 0.3) is 0 Å². The summed E-state index contributed by atoms with van der Waals surface area (Å²) in [6, 6.07) is 14.1. The summed E-state index contributed by atoms with van der Waals surface area (Å²) >= 11 is 2.69. The molecule has 1 N–H and O–H groups in total. The zero-order chi connectivity index (χ0) is 21.1. The first-order valence-electron chi connectivity index (χ1n) is 9.31. The van der Waals surface area contributed by atoms with Crippen molar-refractivity contribution in [3.63, 3.8) is 0 Å². The molecule has 9 heteroatoms. The first kappa shape index (κ1) is 20.2. The number of anilines is 1. The Morgan fingerprint density at radius 1 is 1.13 bits per heavy atom. The molecule has 7 nitrogen and oxygen atoms in total. The maximum absolute atomic E-state index is 12.4. The van der Waals surface area contributed by atoms with Crippen LogP contribution in [0.15, 0.2) is 53.0 Å². The number of rotatable bonds is 6. The van der Waals surface area contributed by atoms with Gasteiger partial charge in [0.05, 0.1) is 17.1 Å². The Balaban J connectivity index is 1.40. The summed E-state index contributed by atoms with van der Waals surface area (Å²) in [5.74, 6) is 0.0327. The number of nitrogens with one attached hydrogen (secondary N) is 1. The fourth-order valence-electron chi connectivity index (χ4n) is 2.86. The monoisotopic (exact) mass is 436 g/mol. The van der Waals surface area contributed by atoms with Gasteiger partial charge in [-0.25, -0.2) is 4.98 Å². The van der Waals surface area contributed by atoms with Crippen LogP contribution in [0.2, 0.25) is 0 Å². The third kappa shape index (κ3) is 4.42. The van der Waals surface area contributed by atoms with E-state index < -0.39 is 0 Å². The number of carbonyl (C=O) groups excluding carboxylic acids is 1. The molecular weight excluding hydrogens is 416 g/mol. The summed E-state index contributed by atoms with van der Waals surface area (Å²) in [6.45, 7) is 6.12. The van der Waals surface area contributed by atoms with Gasteiger partial charge in [-0.2, -0.15) is 4.68 Å². The molecule has 2 aromatic heterocycles. The van der Waals surface area contributed by atoms with E-state index in [9.17, 15) is 4.79 Å². The minimum atomic E-state index is -0.152. The van der Waals surface area contributed by atoms with Crippen LogP contribution < -0.4 is 5.32 Å². The van der Waals surface area contributed by atoms with E-state index >= 15 is 0 Å².